The van der Waals surface area contributed by atoms with Crippen LogP contribution < -0.4 is 0 Å². The molecule has 0 spiro atoms. The Balaban J connectivity index is 1.94. The Kier molecular flexibility index (Phi) is 7.20. The van der Waals surface area contributed by atoms with Crippen LogP contribution in [0.1, 0.15) is 44.1 Å². The standard InChI is InChI=1S/C14H19OSe/c15-14(16)12-8-3-1-2-5-9-13-10-6-4-7-11-13/h4,6-7,10-11H,1-3,5,8-9,12H2. The third kappa shape index (κ3) is 6.81. The number of benzene rings is 1. The van der Waals surface area contributed by atoms with Crippen LogP contribution in [0.4, 0.5) is 0 Å². The molecule has 1 rings (SSSR count). The molecule has 87 valence electrons. The number of aryl methyl sites for hydroxylation is 1. The van der Waals surface area contributed by atoms with Gasteiger partial charge in [-0.3, -0.25) is 0 Å². The zero-order chi connectivity index (χ0) is 11.6. The van der Waals surface area contributed by atoms with Crippen molar-refractivity contribution in [3.05, 3.63) is 35.9 Å². The van der Waals surface area contributed by atoms with Gasteiger partial charge in [-0.1, -0.05) is 0 Å². The SMILES string of the molecule is O=C([Se])CCCCCCCc1ccccc1. The minimum atomic E-state index is 0.198. The average Bonchev–Trinajstić information content (AvgIpc) is 2.29. The summed E-state index contributed by atoms with van der Waals surface area (Å²) in [5, 5.41) is 0. The third-order valence-electron chi connectivity index (χ3n) is 2.69. The fraction of sp³-hybridized carbons (Fsp3) is 0.500. The summed E-state index contributed by atoms with van der Waals surface area (Å²) in [5.74, 6) is 0. The molecule has 0 unspecified atom stereocenters. The van der Waals surface area contributed by atoms with E-state index in [1.807, 2.05) is 0 Å². The first kappa shape index (κ1) is 13.5. The average molecular weight is 282 g/mol. The maximum atomic E-state index is 10.7. The second-order valence-electron chi connectivity index (χ2n) is 4.13. The van der Waals surface area contributed by atoms with E-state index >= 15 is 0 Å². The molecule has 2 heteroatoms. The molecule has 0 heterocycles. The molecule has 0 aromatic heterocycles. The molecule has 1 nitrogen and oxygen atoms in total. The topological polar surface area (TPSA) is 17.1 Å². The molecule has 0 saturated carbocycles. The number of unbranched alkanes of at least 4 members (excludes halogenated alkanes) is 4. The molecule has 0 N–H and O–H groups in total. The molecule has 0 amide bonds. The summed E-state index contributed by atoms with van der Waals surface area (Å²) in [4.78, 5) is 10.7. The van der Waals surface area contributed by atoms with Crippen LogP contribution in [-0.2, 0) is 11.2 Å². The van der Waals surface area contributed by atoms with Crippen molar-refractivity contribution in [1.82, 2.24) is 0 Å². The van der Waals surface area contributed by atoms with Crippen molar-refractivity contribution in [2.75, 3.05) is 0 Å². The molecular formula is C14H19OSe. The van der Waals surface area contributed by atoms with Gasteiger partial charge in [-0.2, -0.15) is 0 Å². The molecular weight excluding hydrogens is 263 g/mol. The normalized spacial score (nSPS) is 10.2. The van der Waals surface area contributed by atoms with Crippen molar-refractivity contribution in [3.63, 3.8) is 0 Å². The van der Waals surface area contributed by atoms with Crippen molar-refractivity contribution >= 4 is 20.7 Å². The molecule has 16 heavy (non-hydrogen) atoms. The van der Waals surface area contributed by atoms with E-state index in [2.05, 4.69) is 46.3 Å². The van der Waals surface area contributed by atoms with E-state index in [1.54, 1.807) is 0 Å². The van der Waals surface area contributed by atoms with E-state index in [1.165, 1.54) is 37.7 Å². The van der Waals surface area contributed by atoms with E-state index in [0.29, 0.717) is 6.42 Å². The Bertz CT molecular complexity index is 295. The molecule has 1 aromatic rings. The van der Waals surface area contributed by atoms with Gasteiger partial charge < -0.3 is 0 Å². The summed E-state index contributed by atoms with van der Waals surface area (Å²) in [6.45, 7) is 0. The van der Waals surface area contributed by atoms with E-state index in [4.69, 9.17) is 0 Å². The van der Waals surface area contributed by atoms with Gasteiger partial charge in [0.1, 0.15) is 0 Å². The second kappa shape index (κ2) is 8.55. The first-order valence-corrected chi connectivity index (χ1v) is 6.88. The van der Waals surface area contributed by atoms with Gasteiger partial charge in [-0.25, -0.2) is 0 Å². The summed E-state index contributed by atoms with van der Waals surface area (Å²) >= 11 is 2.52. The van der Waals surface area contributed by atoms with Crippen LogP contribution in [0.3, 0.4) is 0 Å². The molecule has 0 aliphatic rings. The summed E-state index contributed by atoms with van der Waals surface area (Å²) < 4.78 is 0.198. The first-order valence-electron chi connectivity index (χ1n) is 6.03. The first-order chi connectivity index (χ1) is 7.79. The van der Waals surface area contributed by atoms with Gasteiger partial charge in [0.25, 0.3) is 0 Å². The zero-order valence-electron chi connectivity index (χ0n) is 9.65. The Labute approximate surface area is 106 Å². The number of carbonyl (C=O) groups is 1. The fourth-order valence-corrected chi connectivity index (χ4v) is 2.08. The maximum absolute atomic E-state index is 10.7. The van der Waals surface area contributed by atoms with Crippen LogP contribution in [0.5, 0.6) is 0 Å². The fourth-order valence-electron chi connectivity index (χ4n) is 1.77. The number of rotatable bonds is 8. The van der Waals surface area contributed by atoms with Gasteiger partial charge in [-0.15, -0.1) is 0 Å². The zero-order valence-corrected chi connectivity index (χ0v) is 11.4. The van der Waals surface area contributed by atoms with Crippen molar-refractivity contribution in [2.24, 2.45) is 0 Å². The van der Waals surface area contributed by atoms with Crippen LogP contribution in [0.15, 0.2) is 30.3 Å². The number of hydrogen-bond donors (Lipinski definition) is 0. The second-order valence-corrected chi connectivity index (χ2v) is 5.08. The van der Waals surface area contributed by atoms with Crippen molar-refractivity contribution in [2.45, 2.75) is 44.9 Å². The molecule has 1 radical (unpaired) electrons. The summed E-state index contributed by atoms with van der Waals surface area (Å²) in [6, 6.07) is 10.6. The molecule has 0 atom stereocenters. The minimum absolute atomic E-state index is 0.198. The van der Waals surface area contributed by atoms with Gasteiger partial charge in [0.05, 0.1) is 0 Å². The molecule has 0 saturated heterocycles. The molecule has 0 aliphatic heterocycles. The van der Waals surface area contributed by atoms with E-state index in [-0.39, 0.29) is 4.68 Å². The van der Waals surface area contributed by atoms with Crippen LogP contribution in [0.25, 0.3) is 0 Å². The number of hydrogen-bond acceptors (Lipinski definition) is 1. The molecule has 1 aromatic carbocycles. The Hall–Kier alpha value is -0.591. The van der Waals surface area contributed by atoms with Crippen LogP contribution in [-0.4, -0.2) is 20.7 Å². The Morgan fingerprint density at radius 2 is 1.56 bits per heavy atom. The monoisotopic (exact) mass is 283 g/mol. The van der Waals surface area contributed by atoms with E-state index in [9.17, 15) is 4.79 Å². The van der Waals surface area contributed by atoms with E-state index in [0.717, 1.165) is 6.42 Å². The molecule has 0 bridgehead atoms. The van der Waals surface area contributed by atoms with Crippen molar-refractivity contribution in [1.29, 1.82) is 0 Å². The van der Waals surface area contributed by atoms with Gasteiger partial charge in [-0.05, 0) is 0 Å². The Morgan fingerprint density at radius 3 is 2.25 bits per heavy atom. The van der Waals surface area contributed by atoms with Gasteiger partial charge in [0, 0.05) is 0 Å². The van der Waals surface area contributed by atoms with Crippen LogP contribution in [0, 0.1) is 0 Å². The molecule has 0 fully saturated rings. The Morgan fingerprint density at radius 1 is 0.938 bits per heavy atom. The van der Waals surface area contributed by atoms with Gasteiger partial charge in [0.2, 0.25) is 0 Å². The number of carbonyl (C=O) groups excluding carboxylic acids is 1. The van der Waals surface area contributed by atoms with Crippen molar-refractivity contribution < 1.29 is 4.79 Å². The van der Waals surface area contributed by atoms with Gasteiger partial charge in [0.15, 0.2) is 0 Å². The predicted octanol–water partition coefficient (Wildman–Crippen LogP) is 3.26. The summed E-state index contributed by atoms with van der Waals surface area (Å²) in [6.07, 6.45) is 7.90. The van der Waals surface area contributed by atoms with Crippen LogP contribution in [0.2, 0.25) is 0 Å². The molecule has 0 aliphatic carbocycles. The summed E-state index contributed by atoms with van der Waals surface area (Å²) in [5.41, 5.74) is 1.43. The quantitative estimate of drug-likeness (QED) is 0.528. The predicted molar refractivity (Wildman–Crippen MR) is 68.6 cm³/mol. The van der Waals surface area contributed by atoms with Crippen LogP contribution >= 0.6 is 0 Å². The summed E-state index contributed by atoms with van der Waals surface area (Å²) in [7, 11) is 0. The van der Waals surface area contributed by atoms with E-state index < -0.39 is 0 Å². The van der Waals surface area contributed by atoms with Gasteiger partial charge >= 0.3 is 106 Å². The van der Waals surface area contributed by atoms with Crippen molar-refractivity contribution in [3.8, 4) is 0 Å². The third-order valence-corrected chi connectivity index (χ3v) is 3.12.